The van der Waals surface area contributed by atoms with Crippen molar-refractivity contribution in [2.45, 2.75) is 37.4 Å². The van der Waals surface area contributed by atoms with E-state index < -0.39 is 9.84 Å². The summed E-state index contributed by atoms with van der Waals surface area (Å²) in [5.74, 6) is 0.248. The van der Waals surface area contributed by atoms with Crippen LogP contribution >= 0.6 is 0 Å². The zero-order chi connectivity index (χ0) is 31.1. The molecule has 5 rings (SSSR count). The number of carbonyl (C=O) groups is 2. The Hall–Kier alpha value is -3.73. The summed E-state index contributed by atoms with van der Waals surface area (Å²) in [7, 11) is -3.21. The number of sulfone groups is 1. The van der Waals surface area contributed by atoms with Crippen LogP contribution in [-0.2, 0) is 38.9 Å². The van der Waals surface area contributed by atoms with Gasteiger partial charge in [0.2, 0.25) is 11.8 Å². The fraction of sp³-hybridized carbons (Fsp3) is 0.412. The van der Waals surface area contributed by atoms with Gasteiger partial charge in [-0.1, -0.05) is 54.6 Å². The van der Waals surface area contributed by atoms with Gasteiger partial charge in [-0.05, 0) is 47.4 Å². The van der Waals surface area contributed by atoms with Gasteiger partial charge in [-0.15, -0.1) is 0 Å². The van der Waals surface area contributed by atoms with Crippen molar-refractivity contribution < 1.29 is 18.0 Å². The number of anilines is 1. The summed E-state index contributed by atoms with van der Waals surface area (Å²) in [6, 6.07) is 25.3. The molecule has 0 saturated carbocycles. The normalized spacial score (nSPS) is 17.0. The molecule has 234 valence electrons. The molecule has 0 bridgehead atoms. The lowest BCUT2D eigenvalue weighted by Gasteiger charge is -2.37. The predicted molar refractivity (Wildman–Crippen MR) is 173 cm³/mol. The van der Waals surface area contributed by atoms with E-state index >= 15 is 0 Å². The van der Waals surface area contributed by atoms with Crippen LogP contribution < -0.4 is 10.2 Å². The number of rotatable bonds is 10. The van der Waals surface area contributed by atoms with Gasteiger partial charge in [0.1, 0.15) is 0 Å². The third-order valence-electron chi connectivity index (χ3n) is 8.60. The first-order valence-electron chi connectivity index (χ1n) is 15.3. The summed E-state index contributed by atoms with van der Waals surface area (Å²) in [5, 5.41) is 3.56. The van der Waals surface area contributed by atoms with Crippen LogP contribution in [0.4, 0.5) is 5.69 Å². The van der Waals surface area contributed by atoms with E-state index in [0.717, 1.165) is 68.2 Å². The number of nitrogens with one attached hydrogen (secondary N) is 1. The average Bonchev–Trinajstić information content (AvgIpc) is 3.04. The van der Waals surface area contributed by atoms with Gasteiger partial charge < -0.3 is 20.0 Å². The second-order valence-electron chi connectivity index (χ2n) is 11.8. The Morgan fingerprint density at radius 3 is 1.91 bits per heavy atom. The minimum atomic E-state index is -3.21. The van der Waals surface area contributed by atoms with Crippen LogP contribution in [0, 0.1) is 0 Å². The molecule has 3 aromatic carbocycles. The van der Waals surface area contributed by atoms with Crippen LogP contribution in [0.1, 0.15) is 23.6 Å². The molecule has 0 aromatic heterocycles. The van der Waals surface area contributed by atoms with E-state index in [1.54, 1.807) is 19.1 Å². The topological polar surface area (TPSA) is 93.3 Å². The molecule has 0 spiro atoms. The second-order valence-corrected chi connectivity index (χ2v) is 13.8. The first kappa shape index (κ1) is 31.7. The Labute approximate surface area is 261 Å². The SMILES string of the molecule is CC(=O)N1CCN(c2ccc(CNC(Cc3ccccc3)C(=O)N3CCN(Cc4ccc(S(C)(=O)=O)cc4)CC3)cc2)CC1. The molecule has 10 heteroatoms. The Bertz CT molecular complexity index is 1500. The molecule has 0 aliphatic carbocycles. The molecule has 9 nitrogen and oxygen atoms in total. The van der Waals surface area contributed by atoms with E-state index in [0.29, 0.717) is 31.0 Å². The van der Waals surface area contributed by atoms with E-state index in [1.807, 2.05) is 40.1 Å². The summed E-state index contributed by atoms with van der Waals surface area (Å²) < 4.78 is 23.5. The summed E-state index contributed by atoms with van der Waals surface area (Å²) in [4.78, 5) is 34.3. The third-order valence-corrected chi connectivity index (χ3v) is 9.73. The number of nitrogens with zero attached hydrogens (tertiary/aromatic N) is 4. The molecular formula is C34H43N5O4S. The average molecular weight is 618 g/mol. The van der Waals surface area contributed by atoms with Crippen molar-refractivity contribution in [2.24, 2.45) is 0 Å². The van der Waals surface area contributed by atoms with E-state index in [4.69, 9.17) is 0 Å². The summed E-state index contributed by atoms with van der Waals surface area (Å²) in [5.41, 5.74) is 4.45. The minimum Gasteiger partial charge on any atom is -0.368 e. The van der Waals surface area contributed by atoms with Crippen molar-refractivity contribution >= 4 is 27.3 Å². The molecular weight excluding hydrogens is 574 g/mol. The summed E-state index contributed by atoms with van der Waals surface area (Å²) in [6.07, 6.45) is 1.83. The van der Waals surface area contributed by atoms with Gasteiger partial charge in [0.15, 0.2) is 9.84 Å². The summed E-state index contributed by atoms with van der Waals surface area (Å²) >= 11 is 0. The fourth-order valence-corrected chi connectivity index (χ4v) is 6.52. The molecule has 1 atom stereocenters. The quantitative estimate of drug-likeness (QED) is 0.374. The van der Waals surface area contributed by atoms with E-state index in [9.17, 15) is 18.0 Å². The highest BCUT2D eigenvalue weighted by Crippen LogP contribution is 2.19. The van der Waals surface area contributed by atoms with Gasteiger partial charge in [-0.25, -0.2) is 8.42 Å². The Balaban J connectivity index is 1.16. The van der Waals surface area contributed by atoms with Gasteiger partial charge in [0, 0.05) is 84.3 Å². The number of benzene rings is 3. The molecule has 2 aliphatic rings. The van der Waals surface area contributed by atoms with E-state index in [2.05, 4.69) is 51.5 Å². The van der Waals surface area contributed by atoms with Crippen LogP contribution in [0.25, 0.3) is 0 Å². The van der Waals surface area contributed by atoms with Crippen LogP contribution in [-0.4, -0.2) is 99.6 Å². The van der Waals surface area contributed by atoms with Crippen LogP contribution in [0.15, 0.2) is 83.8 Å². The highest BCUT2D eigenvalue weighted by atomic mass is 32.2. The van der Waals surface area contributed by atoms with Gasteiger partial charge in [-0.3, -0.25) is 14.5 Å². The minimum absolute atomic E-state index is 0.117. The van der Waals surface area contributed by atoms with Crippen LogP contribution in [0.3, 0.4) is 0 Å². The van der Waals surface area contributed by atoms with E-state index in [1.165, 1.54) is 6.26 Å². The maximum absolute atomic E-state index is 13.8. The predicted octanol–water partition coefficient (Wildman–Crippen LogP) is 2.80. The molecule has 2 amide bonds. The van der Waals surface area contributed by atoms with Gasteiger partial charge in [0.05, 0.1) is 10.9 Å². The Kier molecular flexibility index (Phi) is 10.3. The monoisotopic (exact) mass is 617 g/mol. The zero-order valence-electron chi connectivity index (χ0n) is 25.7. The number of hydrogen-bond acceptors (Lipinski definition) is 7. The second kappa shape index (κ2) is 14.4. The van der Waals surface area contributed by atoms with Crippen molar-refractivity contribution in [1.82, 2.24) is 20.0 Å². The molecule has 3 aromatic rings. The first-order chi connectivity index (χ1) is 21.2. The number of hydrogen-bond donors (Lipinski definition) is 1. The van der Waals surface area contributed by atoms with Crippen molar-refractivity contribution in [3.63, 3.8) is 0 Å². The highest BCUT2D eigenvalue weighted by molar-refractivity contribution is 7.90. The lowest BCUT2D eigenvalue weighted by Crippen LogP contribution is -2.54. The molecule has 1 N–H and O–H groups in total. The van der Waals surface area contributed by atoms with E-state index in [-0.39, 0.29) is 17.9 Å². The standard InChI is InChI=1S/C34H43N5O4S/c1-27(40)37-20-22-38(23-21-37)31-12-8-29(9-13-31)25-35-33(24-28-6-4-3-5-7-28)34(41)39-18-16-36(17-19-39)26-30-10-14-32(15-11-30)44(2,42)43/h3-15,33,35H,16-26H2,1-2H3. The van der Waals surface area contributed by atoms with Crippen LogP contribution in [0.5, 0.6) is 0 Å². The molecule has 2 aliphatic heterocycles. The van der Waals surface area contributed by atoms with Crippen molar-refractivity contribution in [3.05, 3.63) is 95.6 Å². The van der Waals surface area contributed by atoms with Gasteiger partial charge in [-0.2, -0.15) is 0 Å². The smallest absolute Gasteiger partial charge is 0.240 e. The zero-order valence-corrected chi connectivity index (χ0v) is 26.5. The molecule has 1 unspecified atom stereocenters. The lowest BCUT2D eigenvalue weighted by atomic mass is 10.0. The van der Waals surface area contributed by atoms with Crippen molar-refractivity contribution in [2.75, 3.05) is 63.5 Å². The number of carbonyl (C=O) groups excluding carboxylic acids is 2. The van der Waals surface area contributed by atoms with Crippen molar-refractivity contribution in [3.8, 4) is 0 Å². The summed E-state index contributed by atoms with van der Waals surface area (Å²) in [6.45, 7) is 8.91. The molecule has 2 saturated heterocycles. The maximum atomic E-state index is 13.8. The number of piperazine rings is 2. The van der Waals surface area contributed by atoms with Crippen LogP contribution in [0.2, 0.25) is 0 Å². The highest BCUT2D eigenvalue weighted by Gasteiger charge is 2.28. The van der Waals surface area contributed by atoms with Gasteiger partial charge >= 0.3 is 0 Å². The first-order valence-corrected chi connectivity index (χ1v) is 17.2. The molecule has 44 heavy (non-hydrogen) atoms. The molecule has 0 radical (unpaired) electrons. The Morgan fingerprint density at radius 1 is 0.727 bits per heavy atom. The number of amides is 2. The fourth-order valence-electron chi connectivity index (χ4n) is 5.89. The largest absolute Gasteiger partial charge is 0.368 e. The maximum Gasteiger partial charge on any atom is 0.240 e. The Morgan fingerprint density at radius 2 is 1.32 bits per heavy atom. The van der Waals surface area contributed by atoms with Crippen molar-refractivity contribution in [1.29, 1.82) is 0 Å². The molecule has 2 fully saturated rings. The molecule has 2 heterocycles. The lowest BCUT2D eigenvalue weighted by molar-refractivity contribution is -0.135. The van der Waals surface area contributed by atoms with Gasteiger partial charge in [0.25, 0.3) is 0 Å². The third kappa shape index (κ3) is 8.46.